The van der Waals surface area contributed by atoms with E-state index in [1.807, 2.05) is 25.3 Å². The number of aliphatic hydroxyl groups is 1. The molecule has 0 fully saturated rings. The summed E-state index contributed by atoms with van der Waals surface area (Å²) in [5.41, 5.74) is 11.6. The Morgan fingerprint density at radius 2 is 1.89 bits per heavy atom. The molecule has 0 aliphatic carbocycles. The Hall–Kier alpha value is -4.97. The number of pyridine rings is 3. The van der Waals surface area contributed by atoms with Crippen LogP contribution in [-0.4, -0.2) is 51.4 Å². The Labute approximate surface area is 264 Å². The SMILES string of the molecule is CC[C@@]1(O)C(=O)OCc2c1cc1n(c2=O)Cc2c-1nc1ccc3ncc(-c4ccc(CCOCNC(=O)CN)cc4)cc3c1c2C. The highest BCUT2D eigenvalue weighted by molar-refractivity contribution is 6.09. The second-order valence-electron chi connectivity index (χ2n) is 11.7. The summed E-state index contributed by atoms with van der Waals surface area (Å²) < 4.78 is 12.3. The number of amides is 1. The number of carbonyl (C=O) groups excluding carboxylic acids is 2. The van der Waals surface area contributed by atoms with Crippen LogP contribution in [0.2, 0.25) is 0 Å². The molecule has 2 aliphatic heterocycles. The number of esters is 1. The van der Waals surface area contributed by atoms with Crippen molar-refractivity contribution >= 4 is 33.7 Å². The standard InChI is InChI=1S/C35H33N5O6/c1-3-35(44)26-13-29-32-24(16-40(29)33(42)25(26)17-46-34(35)43)19(2)31-23-12-22(15-37-27(23)8-9-28(31)39-32)21-6-4-20(5-7-21)10-11-45-18-38-30(41)14-36/h4-9,12-13,15,44H,3,10-11,14,16-18,36H2,1-2H3,(H,38,41)/t35-/m0/s1. The average Bonchev–Trinajstić information content (AvgIpc) is 3.45. The summed E-state index contributed by atoms with van der Waals surface area (Å²) in [6, 6.07) is 16.0. The second kappa shape index (κ2) is 11.4. The Morgan fingerprint density at radius 3 is 2.65 bits per heavy atom. The number of carbonyl (C=O) groups is 2. The number of hydrogen-bond acceptors (Lipinski definition) is 9. The lowest BCUT2D eigenvalue weighted by atomic mass is 9.86. The molecule has 1 atom stereocenters. The number of fused-ring (bicyclic) bond motifs is 7. The third-order valence-electron chi connectivity index (χ3n) is 9.17. The second-order valence-corrected chi connectivity index (χ2v) is 11.7. The fraction of sp³-hybridized carbons (Fsp3) is 0.286. The van der Waals surface area contributed by atoms with Crippen LogP contribution in [0.3, 0.4) is 0 Å². The van der Waals surface area contributed by atoms with Crippen LogP contribution in [0.1, 0.15) is 41.2 Å². The van der Waals surface area contributed by atoms with Crippen LogP contribution in [0.5, 0.6) is 0 Å². The summed E-state index contributed by atoms with van der Waals surface area (Å²) in [6.45, 7) is 4.43. The smallest absolute Gasteiger partial charge is 0.343 e. The van der Waals surface area contributed by atoms with E-state index in [1.54, 1.807) is 17.6 Å². The number of nitrogens with zero attached hydrogens (tertiary/aromatic N) is 3. The highest BCUT2D eigenvalue weighted by atomic mass is 16.6. The van der Waals surface area contributed by atoms with Gasteiger partial charge in [0.05, 0.1) is 47.7 Å². The van der Waals surface area contributed by atoms with Crippen LogP contribution in [-0.2, 0) is 44.2 Å². The molecule has 1 amide bonds. The Balaban J connectivity index is 1.23. The van der Waals surface area contributed by atoms with Crippen LogP contribution in [0.4, 0.5) is 0 Å². The van der Waals surface area contributed by atoms with E-state index in [0.29, 0.717) is 42.1 Å². The van der Waals surface area contributed by atoms with Gasteiger partial charge in [-0.1, -0.05) is 31.2 Å². The van der Waals surface area contributed by atoms with Gasteiger partial charge in [0.15, 0.2) is 5.60 Å². The van der Waals surface area contributed by atoms with Gasteiger partial charge in [-0.2, -0.15) is 0 Å². The van der Waals surface area contributed by atoms with E-state index in [9.17, 15) is 19.5 Å². The number of hydrogen-bond donors (Lipinski definition) is 3. The van der Waals surface area contributed by atoms with Crippen LogP contribution < -0.4 is 16.6 Å². The van der Waals surface area contributed by atoms with Crippen molar-refractivity contribution in [2.24, 2.45) is 5.73 Å². The summed E-state index contributed by atoms with van der Waals surface area (Å²) in [5.74, 6) is -0.994. The third-order valence-corrected chi connectivity index (χ3v) is 9.17. The molecule has 7 rings (SSSR count). The van der Waals surface area contributed by atoms with Crippen LogP contribution >= 0.6 is 0 Å². The predicted octanol–water partition coefficient (Wildman–Crippen LogP) is 3.19. The maximum absolute atomic E-state index is 13.6. The first-order valence-corrected chi connectivity index (χ1v) is 15.3. The molecule has 0 saturated heterocycles. The van der Waals surface area contributed by atoms with Gasteiger partial charge in [-0.15, -0.1) is 0 Å². The lowest BCUT2D eigenvalue weighted by Gasteiger charge is -2.31. The van der Waals surface area contributed by atoms with Gasteiger partial charge in [0, 0.05) is 33.7 Å². The van der Waals surface area contributed by atoms with Crippen molar-refractivity contribution in [1.29, 1.82) is 0 Å². The van der Waals surface area contributed by atoms with E-state index >= 15 is 0 Å². The van der Waals surface area contributed by atoms with E-state index in [-0.39, 0.29) is 37.8 Å². The topological polar surface area (TPSA) is 159 Å². The van der Waals surface area contributed by atoms with Gasteiger partial charge in [-0.05, 0) is 60.7 Å². The van der Waals surface area contributed by atoms with Gasteiger partial charge in [0.2, 0.25) is 5.91 Å². The lowest BCUT2D eigenvalue weighted by molar-refractivity contribution is -0.172. The highest BCUT2D eigenvalue weighted by Gasteiger charge is 2.45. The van der Waals surface area contributed by atoms with Crippen LogP contribution in [0, 0.1) is 6.92 Å². The monoisotopic (exact) mass is 619 g/mol. The highest BCUT2D eigenvalue weighted by Crippen LogP contribution is 2.41. The molecule has 46 heavy (non-hydrogen) atoms. The van der Waals surface area contributed by atoms with Gasteiger partial charge in [-0.3, -0.25) is 14.6 Å². The minimum atomic E-state index is -1.87. The molecular formula is C35H33N5O6. The normalized spacial score (nSPS) is 16.7. The van der Waals surface area contributed by atoms with Crippen molar-refractivity contribution in [2.45, 2.75) is 45.4 Å². The fourth-order valence-electron chi connectivity index (χ4n) is 6.50. The van der Waals surface area contributed by atoms with Crippen LogP contribution in [0.25, 0.3) is 44.3 Å². The van der Waals surface area contributed by atoms with E-state index in [1.165, 1.54) is 0 Å². The van der Waals surface area contributed by atoms with Gasteiger partial charge in [-0.25, -0.2) is 9.78 Å². The van der Waals surface area contributed by atoms with E-state index < -0.39 is 11.6 Å². The zero-order chi connectivity index (χ0) is 32.2. The Morgan fingerprint density at radius 1 is 1.11 bits per heavy atom. The van der Waals surface area contributed by atoms with Crippen molar-refractivity contribution in [3.63, 3.8) is 0 Å². The fourth-order valence-corrected chi connectivity index (χ4v) is 6.50. The molecule has 11 nitrogen and oxygen atoms in total. The number of nitrogens with two attached hydrogens (primary N) is 1. The molecule has 4 N–H and O–H groups in total. The summed E-state index contributed by atoms with van der Waals surface area (Å²) in [4.78, 5) is 47.2. The quantitative estimate of drug-likeness (QED) is 0.101. The first kappa shape index (κ1) is 29.7. The molecule has 0 saturated carbocycles. The molecule has 0 radical (unpaired) electrons. The first-order chi connectivity index (χ1) is 22.2. The zero-order valence-corrected chi connectivity index (χ0v) is 25.6. The molecule has 234 valence electrons. The van der Waals surface area contributed by atoms with Crippen molar-refractivity contribution in [2.75, 3.05) is 19.9 Å². The van der Waals surface area contributed by atoms with E-state index in [0.717, 1.165) is 49.6 Å². The molecular weight excluding hydrogens is 586 g/mol. The van der Waals surface area contributed by atoms with Crippen molar-refractivity contribution in [3.8, 4) is 22.5 Å². The molecule has 5 heterocycles. The molecule has 2 aromatic carbocycles. The predicted molar refractivity (Wildman–Crippen MR) is 172 cm³/mol. The maximum Gasteiger partial charge on any atom is 0.343 e. The molecule has 3 aromatic heterocycles. The Bertz CT molecular complexity index is 2120. The molecule has 2 aliphatic rings. The zero-order valence-electron chi connectivity index (χ0n) is 25.6. The van der Waals surface area contributed by atoms with Gasteiger partial charge in [0.1, 0.15) is 13.3 Å². The summed E-state index contributed by atoms with van der Waals surface area (Å²) in [5, 5.41) is 15.7. The number of aryl methyl sites for hydroxylation is 1. The van der Waals surface area contributed by atoms with Crippen molar-refractivity contribution in [1.82, 2.24) is 19.9 Å². The summed E-state index contributed by atoms with van der Waals surface area (Å²) in [7, 11) is 0. The molecule has 5 aromatic rings. The number of cyclic esters (lactones) is 1. The average molecular weight is 620 g/mol. The molecule has 0 spiro atoms. The van der Waals surface area contributed by atoms with Gasteiger partial charge >= 0.3 is 5.97 Å². The number of benzene rings is 2. The van der Waals surface area contributed by atoms with Crippen molar-refractivity contribution in [3.05, 3.63) is 92.9 Å². The van der Waals surface area contributed by atoms with E-state index in [4.69, 9.17) is 25.2 Å². The number of ether oxygens (including phenoxy) is 2. The van der Waals surface area contributed by atoms with E-state index in [2.05, 4.69) is 35.6 Å². The van der Waals surface area contributed by atoms with Crippen molar-refractivity contribution < 1.29 is 24.2 Å². The largest absolute Gasteiger partial charge is 0.458 e. The van der Waals surface area contributed by atoms with Gasteiger partial charge < -0.3 is 30.2 Å². The van der Waals surface area contributed by atoms with Crippen LogP contribution in [0.15, 0.2) is 59.5 Å². The molecule has 0 bridgehead atoms. The number of nitrogens with one attached hydrogen (secondary N) is 1. The minimum absolute atomic E-state index is 0.0645. The summed E-state index contributed by atoms with van der Waals surface area (Å²) >= 11 is 0. The molecule has 11 heteroatoms. The lowest BCUT2D eigenvalue weighted by Crippen LogP contribution is -2.44. The minimum Gasteiger partial charge on any atom is -0.458 e. The maximum atomic E-state index is 13.6. The summed E-state index contributed by atoms with van der Waals surface area (Å²) in [6.07, 6.45) is 2.65. The number of rotatable bonds is 8. The first-order valence-electron chi connectivity index (χ1n) is 15.3. The molecule has 0 unspecified atom stereocenters. The third kappa shape index (κ3) is 4.75. The number of aromatic nitrogens is 3. The van der Waals surface area contributed by atoms with Gasteiger partial charge in [0.25, 0.3) is 5.56 Å². The Kier molecular flexibility index (Phi) is 7.39.